The van der Waals surface area contributed by atoms with Gasteiger partial charge in [0.2, 0.25) is 0 Å². The Morgan fingerprint density at radius 3 is 2.41 bits per heavy atom. The van der Waals surface area contributed by atoms with E-state index < -0.39 is 0 Å². The molecular weight excluding hydrogens is 208 g/mol. The van der Waals surface area contributed by atoms with Crippen LogP contribution in [0.5, 0.6) is 0 Å². The van der Waals surface area contributed by atoms with Crippen LogP contribution in [-0.2, 0) is 0 Å². The van der Waals surface area contributed by atoms with Crippen LogP contribution in [0.3, 0.4) is 0 Å². The normalized spacial score (nSPS) is 13.4. The third-order valence-electron chi connectivity index (χ3n) is 2.44. The minimum absolute atomic E-state index is 0.880. The standard InChI is InChI=1S/C15H20N2/c1-5-14(16-6-2)15(17-7-3)13-10-8-9-12(4)11-13/h6-11H,5H2,1-4H3/b15-14-,16-6-,17-7+. The Morgan fingerprint density at radius 2 is 1.88 bits per heavy atom. The predicted molar refractivity (Wildman–Crippen MR) is 76.7 cm³/mol. The van der Waals surface area contributed by atoms with E-state index in [0.717, 1.165) is 23.4 Å². The van der Waals surface area contributed by atoms with Gasteiger partial charge in [0, 0.05) is 18.0 Å². The summed E-state index contributed by atoms with van der Waals surface area (Å²) in [7, 11) is 0. The maximum Gasteiger partial charge on any atom is 0.0912 e. The lowest BCUT2D eigenvalue weighted by Gasteiger charge is -2.07. The molecule has 90 valence electrons. The van der Waals surface area contributed by atoms with Crippen LogP contribution in [0.4, 0.5) is 0 Å². The first-order valence-electron chi connectivity index (χ1n) is 6.00. The van der Waals surface area contributed by atoms with Gasteiger partial charge in [-0.3, -0.25) is 9.98 Å². The Labute approximate surface area is 104 Å². The molecule has 1 aromatic carbocycles. The van der Waals surface area contributed by atoms with Crippen molar-refractivity contribution in [3.8, 4) is 0 Å². The fourth-order valence-electron chi connectivity index (χ4n) is 1.71. The van der Waals surface area contributed by atoms with Gasteiger partial charge in [0.25, 0.3) is 0 Å². The molecule has 0 saturated carbocycles. The third-order valence-corrected chi connectivity index (χ3v) is 2.44. The fourth-order valence-corrected chi connectivity index (χ4v) is 1.71. The van der Waals surface area contributed by atoms with E-state index in [9.17, 15) is 0 Å². The second-order valence-electron chi connectivity index (χ2n) is 3.79. The number of hydrogen-bond acceptors (Lipinski definition) is 2. The lowest BCUT2D eigenvalue weighted by molar-refractivity contribution is 1.07. The Balaban J connectivity index is 3.34. The zero-order chi connectivity index (χ0) is 12.7. The fraction of sp³-hybridized carbons (Fsp3) is 0.333. The molecule has 0 aliphatic carbocycles. The van der Waals surface area contributed by atoms with Crippen molar-refractivity contribution in [2.75, 3.05) is 0 Å². The van der Waals surface area contributed by atoms with E-state index >= 15 is 0 Å². The topological polar surface area (TPSA) is 24.7 Å². The molecule has 0 radical (unpaired) electrons. The Bertz CT molecular complexity index is 454. The highest BCUT2D eigenvalue weighted by molar-refractivity contribution is 5.76. The van der Waals surface area contributed by atoms with Gasteiger partial charge in [-0.05, 0) is 33.3 Å². The summed E-state index contributed by atoms with van der Waals surface area (Å²) in [5.41, 5.74) is 4.36. The molecule has 0 fully saturated rings. The van der Waals surface area contributed by atoms with Crippen molar-refractivity contribution in [3.05, 3.63) is 41.1 Å². The highest BCUT2D eigenvalue weighted by Crippen LogP contribution is 2.23. The van der Waals surface area contributed by atoms with Crippen molar-refractivity contribution in [1.82, 2.24) is 0 Å². The zero-order valence-electron chi connectivity index (χ0n) is 11.1. The Hall–Kier alpha value is -1.70. The predicted octanol–water partition coefficient (Wildman–Crippen LogP) is 4.26. The average molecular weight is 228 g/mol. The van der Waals surface area contributed by atoms with E-state index in [1.807, 2.05) is 26.3 Å². The van der Waals surface area contributed by atoms with Crippen LogP contribution in [0.1, 0.15) is 38.3 Å². The van der Waals surface area contributed by atoms with E-state index in [1.165, 1.54) is 5.56 Å². The summed E-state index contributed by atoms with van der Waals surface area (Å²) >= 11 is 0. The molecular formula is C15H20N2. The number of aliphatic imine (C=N–C) groups is 2. The van der Waals surface area contributed by atoms with Crippen LogP contribution in [0, 0.1) is 6.92 Å². The summed E-state index contributed by atoms with van der Waals surface area (Å²) < 4.78 is 0. The summed E-state index contributed by atoms with van der Waals surface area (Å²) in [6, 6.07) is 8.36. The minimum atomic E-state index is 0.880. The van der Waals surface area contributed by atoms with Gasteiger partial charge >= 0.3 is 0 Å². The Morgan fingerprint density at radius 1 is 1.18 bits per heavy atom. The quantitative estimate of drug-likeness (QED) is 0.688. The molecule has 2 heteroatoms. The molecule has 0 aromatic heterocycles. The summed E-state index contributed by atoms with van der Waals surface area (Å²) in [4.78, 5) is 8.87. The highest BCUT2D eigenvalue weighted by atomic mass is 14.8. The molecule has 1 rings (SSSR count). The summed E-state index contributed by atoms with van der Waals surface area (Å²) in [6.45, 7) is 8.05. The number of benzene rings is 1. The molecule has 0 atom stereocenters. The second kappa shape index (κ2) is 6.79. The van der Waals surface area contributed by atoms with Crippen molar-refractivity contribution in [1.29, 1.82) is 0 Å². The first-order chi connectivity index (χ1) is 8.22. The molecule has 17 heavy (non-hydrogen) atoms. The number of nitrogens with zero attached hydrogens (tertiary/aromatic N) is 2. The first kappa shape index (κ1) is 13.4. The molecule has 0 saturated heterocycles. The molecule has 1 aromatic rings. The first-order valence-corrected chi connectivity index (χ1v) is 6.00. The van der Waals surface area contributed by atoms with E-state index in [1.54, 1.807) is 0 Å². The van der Waals surface area contributed by atoms with Gasteiger partial charge in [-0.25, -0.2) is 0 Å². The SMILES string of the molecule is C\C=N/C(CC)=C(\N=C\C)c1cccc(C)c1. The maximum absolute atomic E-state index is 4.47. The van der Waals surface area contributed by atoms with Gasteiger partial charge in [-0.2, -0.15) is 0 Å². The van der Waals surface area contributed by atoms with E-state index in [2.05, 4.69) is 48.1 Å². The van der Waals surface area contributed by atoms with Crippen molar-refractivity contribution in [2.24, 2.45) is 9.98 Å². The smallest absolute Gasteiger partial charge is 0.0912 e. The van der Waals surface area contributed by atoms with Crippen molar-refractivity contribution < 1.29 is 0 Å². The van der Waals surface area contributed by atoms with Gasteiger partial charge < -0.3 is 0 Å². The molecule has 0 aliphatic rings. The zero-order valence-corrected chi connectivity index (χ0v) is 11.1. The third kappa shape index (κ3) is 3.66. The van der Waals surface area contributed by atoms with Crippen LogP contribution in [0.25, 0.3) is 5.70 Å². The number of hydrogen-bond donors (Lipinski definition) is 0. The van der Waals surface area contributed by atoms with Gasteiger partial charge in [-0.1, -0.05) is 30.7 Å². The summed E-state index contributed by atoms with van der Waals surface area (Å²) in [6.07, 6.45) is 4.52. The van der Waals surface area contributed by atoms with Crippen molar-refractivity contribution >= 4 is 18.1 Å². The number of allylic oxidation sites excluding steroid dienone is 1. The molecule has 0 unspecified atom stereocenters. The van der Waals surface area contributed by atoms with E-state index in [4.69, 9.17) is 0 Å². The molecule has 0 bridgehead atoms. The second-order valence-corrected chi connectivity index (χ2v) is 3.79. The molecule has 0 heterocycles. The van der Waals surface area contributed by atoms with Crippen LogP contribution in [0.15, 0.2) is 39.9 Å². The molecule has 0 amide bonds. The van der Waals surface area contributed by atoms with Crippen molar-refractivity contribution in [3.63, 3.8) is 0 Å². The lowest BCUT2D eigenvalue weighted by Crippen LogP contribution is -1.89. The minimum Gasteiger partial charge on any atom is -0.264 e. The van der Waals surface area contributed by atoms with Crippen LogP contribution >= 0.6 is 0 Å². The highest BCUT2D eigenvalue weighted by Gasteiger charge is 2.05. The Kier molecular flexibility index (Phi) is 5.34. The largest absolute Gasteiger partial charge is 0.264 e. The average Bonchev–Trinajstić information content (AvgIpc) is 2.33. The van der Waals surface area contributed by atoms with Gasteiger partial charge in [-0.15, -0.1) is 0 Å². The molecule has 2 nitrogen and oxygen atoms in total. The molecule has 0 aliphatic heterocycles. The van der Waals surface area contributed by atoms with E-state index in [-0.39, 0.29) is 0 Å². The van der Waals surface area contributed by atoms with Gasteiger partial charge in [0.15, 0.2) is 0 Å². The summed E-state index contributed by atoms with van der Waals surface area (Å²) in [5.74, 6) is 0. The molecule has 0 N–H and O–H groups in total. The lowest BCUT2D eigenvalue weighted by atomic mass is 10.1. The van der Waals surface area contributed by atoms with Crippen LogP contribution in [-0.4, -0.2) is 12.4 Å². The maximum atomic E-state index is 4.47. The monoisotopic (exact) mass is 228 g/mol. The number of aryl methyl sites for hydroxylation is 1. The van der Waals surface area contributed by atoms with Gasteiger partial charge in [0.05, 0.1) is 11.4 Å². The summed E-state index contributed by atoms with van der Waals surface area (Å²) in [5, 5.41) is 0. The molecule has 0 spiro atoms. The van der Waals surface area contributed by atoms with E-state index in [0.29, 0.717) is 0 Å². The van der Waals surface area contributed by atoms with Crippen molar-refractivity contribution in [2.45, 2.75) is 34.1 Å². The number of rotatable bonds is 4. The van der Waals surface area contributed by atoms with Gasteiger partial charge in [0.1, 0.15) is 0 Å². The van der Waals surface area contributed by atoms with Crippen LogP contribution in [0.2, 0.25) is 0 Å². The van der Waals surface area contributed by atoms with Crippen LogP contribution < -0.4 is 0 Å².